The van der Waals surface area contributed by atoms with E-state index >= 15 is 4.39 Å². The standard InChI is InChI=1S/C31H31F2N3O5S/c1-39-27-17-22-24(18-28(27)40-14-2-3-15-42)34-13-10-25(22)41-26-9-8-21(16-23(26)33)36-30(38)31(11-12-31)29(37)35-20-6-4-19(32)5-7-20/h4-10,13,16-18,29,35,37,42H,2-3,11-12,14-15H2,1H3,(H,36,38). The normalized spacial score (nSPS) is 14.2. The Labute approximate surface area is 247 Å². The van der Waals surface area contributed by atoms with Gasteiger partial charge in [0.1, 0.15) is 17.8 Å². The Morgan fingerprint density at radius 3 is 2.45 bits per heavy atom. The van der Waals surface area contributed by atoms with Gasteiger partial charge in [0.25, 0.3) is 0 Å². The molecule has 1 unspecified atom stereocenters. The highest BCUT2D eigenvalue weighted by atomic mass is 32.1. The third-order valence-electron chi connectivity index (χ3n) is 7.12. The summed E-state index contributed by atoms with van der Waals surface area (Å²) in [7, 11) is 1.54. The van der Waals surface area contributed by atoms with Crippen molar-refractivity contribution in [1.29, 1.82) is 0 Å². The number of aromatic nitrogens is 1. The van der Waals surface area contributed by atoms with Crippen molar-refractivity contribution in [2.45, 2.75) is 31.9 Å². The number of nitrogens with one attached hydrogen (secondary N) is 2. The highest BCUT2D eigenvalue weighted by Crippen LogP contribution is 2.50. The lowest BCUT2D eigenvalue weighted by atomic mass is 10.0. The van der Waals surface area contributed by atoms with Gasteiger partial charge in [0.05, 0.1) is 24.6 Å². The van der Waals surface area contributed by atoms with Crippen LogP contribution in [0.1, 0.15) is 25.7 Å². The summed E-state index contributed by atoms with van der Waals surface area (Å²) in [6.45, 7) is 0.511. The number of thiol groups is 1. The quantitative estimate of drug-likeness (QED) is 0.0790. The summed E-state index contributed by atoms with van der Waals surface area (Å²) in [6.07, 6.45) is 3.03. The van der Waals surface area contributed by atoms with Gasteiger partial charge in [-0.15, -0.1) is 0 Å². The van der Waals surface area contributed by atoms with Crippen molar-refractivity contribution in [3.63, 3.8) is 0 Å². The number of nitrogens with zero attached hydrogens (tertiary/aromatic N) is 1. The summed E-state index contributed by atoms with van der Waals surface area (Å²) in [5.74, 6) is 0.590. The number of aliphatic hydroxyl groups is 1. The molecule has 8 nitrogen and oxygen atoms in total. The Morgan fingerprint density at radius 1 is 1.00 bits per heavy atom. The van der Waals surface area contributed by atoms with Crippen molar-refractivity contribution in [2.24, 2.45) is 5.41 Å². The smallest absolute Gasteiger partial charge is 0.235 e. The molecule has 1 heterocycles. The Bertz CT molecular complexity index is 1570. The van der Waals surface area contributed by atoms with Crippen LogP contribution in [0.15, 0.2) is 66.9 Å². The molecule has 1 atom stereocenters. The van der Waals surface area contributed by atoms with Crippen LogP contribution in [0.25, 0.3) is 10.9 Å². The van der Waals surface area contributed by atoms with Crippen LogP contribution in [0, 0.1) is 17.0 Å². The first-order chi connectivity index (χ1) is 20.3. The molecule has 1 fully saturated rings. The number of hydrogen-bond donors (Lipinski definition) is 4. The van der Waals surface area contributed by atoms with Crippen LogP contribution >= 0.6 is 12.6 Å². The number of carbonyl (C=O) groups is 1. The lowest BCUT2D eigenvalue weighted by molar-refractivity contribution is -0.124. The number of ether oxygens (including phenoxy) is 3. The Balaban J connectivity index is 1.28. The first kappa shape index (κ1) is 29.4. The molecule has 0 radical (unpaired) electrons. The number of unbranched alkanes of at least 4 members (excludes halogenated alkanes) is 1. The van der Waals surface area contributed by atoms with Crippen LogP contribution in [-0.4, -0.2) is 41.7 Å². The third kappa shape index (κ3) is 6.52. The molecule has 1 aromatic heterocycles. The molecule has 0 spiro atoms. The minimum atomic E-state index is -1.20. The van der Waals surface area contributed by atoms with Crippen LogP contribution in [0.2, 0.25) is 0 Å². The van der Waals surface area contributed by atoms with Gasteiger partial charge in [-0.3, -0.25) is 9.78 Å². The Hall–Kier alpha value is -4.09. The topological polar surface area (TPSA) is 102 Å². The predicted molar refractivity (Wildman–Crippen MR) is 160 cm³/mol. The Kier molecular flexibility index (Phi) is 8.98. The van der Waals surface area contributed by atoms with Gasteiger partial charge >= 0.3 is 0 Å². The van der Waals surface area contributed by atoms with Gasteiger partial charge in [-0.2, -0.15) is 12.6 Å². The minimum absolute atomic E-state index is 0.0503. The summed E-state index contributed by atoms with van der Waals surface area (Å²) >= 11 is 4.22. The summed E-state index contributed by atoms with van der Waals surface area (Å²) in [4.78, 5) is 17.4. The number of fused-ring (bicyclic) bond motifs is 1. The maximum absolute atomic E-state index is 15.2. The van der Waals surface area contributed by atoms with Crippen molar-refractivity contribution in [2.75, 3.05) is 30.1 Å². The Morgan fingerprint density at radius 2 is 1.76 bits per heavy atom. The average Bonchev–Trinajstić information content (AvgIpc) is 3.80. The zero-order valence-electron chi connectivity index (χ0n) is 22.9. The molecular weight excluding hydrogens is 564 g/mol. The SMILES string of the molecule is COc1cc2c(Oc3ccc(NC(=O)C4(C(O)Nc5ccc(F)cc5)CC4)cc3F)ccnc2cc1OCCCCS. The molecule has 4 aromatic rings. The summed E-state index contributed by atoms with van der Waals surface area (Å²) in [6, 6.07) is 14.7. The molecule has 1 saturated carbocycles. The summed E-state index contributed by atoms with van der Waals surface area (Å²) in [5.41, 5.74) is 0.199. The van der Waals surface area contributed by atoms with E-state index in [4.69, 9.17) is 14.2 Å². The highest BCUT2D eigenvalue weighted by Gasteiger charge is 2.55. The number of hydrogen-bond acceptors (Lipinski definition) is 8. The van der Waals surface area contributed by atoms with E-state index in [1.54, 1.807) is 24.4 Å². The molecule has 3 aromatic carbocycles. The van der Waals surface area contributed by atoms with Gasteiger partial charge in [-0.25, -0.2) is 8.78 Å². The van der Waals surface area contributed by atoms with E-state index in [0.29, 0.717) is 53.3 Å². The minimum Gasteiger partial charge on any atom is -0.493 e. The molecule has 42 heavy (non-hydrogen) atoms. The van der Waals surface area contributed by atoms with E-state index in [1.165, 1.54) is 43.5 Å². The lowest BCUT2D eigenvalue weighted by Crippen LogP contribution is -2.39. The second-order valence-electron chi connectivity index (χ2n) is 10.0. The molecule has 1 aliphatic rings. The molecule has 0 aliphatic heterocycles. The average molecular weight is 596 g/mol. The largest absolute Gasteiger partial charge is 0.493 e. The van der Waals surface area contributed by atoms with Gasteiger partial charge in [-0.1, -0.05) is 0 Å². The number of rotatable bonds is 13. The van der Waals surface area contributed by atoms with Crippen molar-refractivity contribution < 1.29 is 32.9 Å². The second kappa shape index (κ2) is 12.8. The molecule has 5 rings (SSSR count). The molecule has 0 bridgehead atoms. The fourth-order valence-corrected chi connectivity index (χ4v) is 4.75. The predicted octanol–water partition coefficient (Wildman–Crippen LogP) is 6.55. The first-order valence-corrected chi connectivity index (χ1v) is 14.2. The number of pyridine rings is 1. The maximum Gasteiger partial charge on any atom is 0.235 e. The molecule has 220 valence electrons. The van der Waals surface area contributed by atoms with Crippen LogP contribution in [0.4, 0.5) is 20.2 Å². The van der Waals surface area contributed by atoms with E-state index in [1.807, 2.05) is 0 Å². The molecule has 1 amide bonds. The van der Waals surface area contributed by atoms with E-state index in [2.05, 4.69) is 28.2 Å². The van der Waals surface area contributed by atoms with Crippen LogP contribution < -0.4 is 24.8 Å². The van der Waals surface area contributed by atoms with Gasteiger partial charge in [0, 0.05) is 35.1 Å². The summed E-state index contributed by atoms with van der Waals surface area (Å²) in [5, 5.41) is 16.8. The van der Waals surface area contributed by atoms with Crippen LogP contribution in [0.5, 0.6) is 23.0 Å². The number of halogens is 2. The van der Waals surface area contributed by atoms with Crippen molar-refractivity contribution in [3.05, 3.63) is 78.5 Å². The molecule has 1 aliphatic carbocycles. The van der Waals surface area contributed by atoms with Gasteiger partial charge in [0.2, 0.25) is 5.91 Å². The highest BCUT2D eigenvalue weighted by molar-refractivity contribution is 7.80. The van der Waals surface area contributed by atoms with Gasteiger partial charge in [-0.05, 0) is 80.0 Å². The zero-order valence-corrected chi connectivity index (χ0v) is 23.8. The van der Waals surface area contributed by atoms with Crippen molar-refractivity contribution >= 4 is 40.8 Å². The number of benzene rings is 3. The van der Waals surface area contributed by atoms with E-state index in [0.717, 1.165) is 24.7 Å². The van der Waals surface area contributed by atoms with Crippen LogP contribution in [-0.2, 0) is 4.79 Å². The summed E-state index contributed by atoms with van der Waals surface area (Å²) < 4.78 is 45.6. The zero-order chi connectivity index (χ0) is 29.7. The molecule has 3 N–H and O–H groups in total. The number of anilines is 2. The fourth-order valence-electron chi connectivity index (χ4n) is 4.52. The van der Waals surface area contributed by atoms with E-state index < -0.39 is 29.2 Å². The monoisotopic (exact) mass is 595 g/mol. The molecule has 11 heteroatoms. The number of aliphatic hydroxyl groups excluding tert-OH is 1. The van der Waals surface area contributed by atoms with Gasteiger partial charge < -0.3 is 30.0 Å². The van der Waals surface area contributed by atoms with E-state index in [-0.39, 0.29) is 11.4 Å². The van der Waals surface area contributed by atoms with Gasteiger partial charge in [0.15, 0.2) is 23.1 Å². The van der Waals surface area contributed by atoms with E-state index in [9.17, 15) is 14.3 Å². The van der Waals surface area contributed by atoms with Crippen molar-refractivity contribution in [3.8, 4) is 23.0 Å². The molecular formula is C31H31F2N3O5S. The fraction of sp³-hybridized carbons (Fsp3) is 0.290. The maximum atomic E-state index is 15.2. The second-order valence-corrected chi connectivity index (χ2v) is 10.5. The van der Waals surface area contributed by atoms with Crippen molar-refractivity contribution in [1.82, 2.24) is 4.98 Å². The molecule has 0 saturated heterocycles. The van der Waals surface area contributed by atoms with Crippen LogP contribution in [0.3, 0.4) is 0 Å². The number of amides is 1. The lowest BCUT2D eigenvalue weighted by Gasteiger charge is -2.23. The number of carbonyl (C=O) groups excluding carboxylic acids is 1. The number of methoxy groups -OCH3 is 1. The first-order valence-electron chi connectivity index (χ1n) is 13.5. The third-order valence-corrected chi connectivity index (χ3v) is 7.43.